The Balaban J connectivity index is 1.34. The van der Waals surface area contributed by atoms with Gasteiger partial charge < -0.3 is 18.9 Å². The van der Waals surface area contributed by atoms with Crippen LogP contribution >= 0.6 is 0 Å². The summed E-state index contributed by atoms with van der Waals surface area (Å²) in [6, 6.07) is 17.1. The third kappa shape index (κ3) is 3.52. The third-order valence-electron chi connectivity index (χ3n) is 7.00. The van der Waals surface area contributed by atoms with Gasteiger partial charge in [-0.3, -0.25) is 0 Å². The Morgan fingerprint density at radius 3 is 1.43 bits per heavy atom. The zero-order chi connectivity index (χ0) is 20.6. The van der Waals surface area contributed by atoms with Crippen LogP contribution in [0.2, 0.25) is 0 Å². The fourth-order valence-corrected chi connectivity index (χ4v) is 4.24. The molecule has 2 aliphatic heterocycles. The minimum absolute atomic E-state index is 0.191. The predicted molar refractivity (Wildman–Crippen MR) is 120 cm³/mol. The summed E-state index contributed by atoms with van der Waals surface area (Å²) >= 11 is 0. The summed E-state index contributed by atoms with van der Waals surface area (Å²) in [6.45, 7) is 9.06. The zero-order valence-corrected chi connectivity index (χ0v) is 17.9. The standard InChI is InChI=1S/C26H30O4/c1-3-25(13-27-14-25)17-29-21-7-9-23-19(11-21)5-6-20-12-22(8-10-24(20)23)30-18-26(4-2)15-28-16-26/h5-12H,3-4,13-18H2,1-2H3. The molecule has 0 N–H and O–H groups in total. The Labute approximate surface area is 178 Å². The summed E-state index contributed by atoms with van der Waals surface area (Å²) in [6.07, 6.45) is 2.17. The van der Waals surface area contributed by atoms with Crippen LogP contribution in [-0.2, 0) is 9.47 Å². The summed E-state index contributed by atoms with van der Waals surface area (Å²) < 4.78 is 23.0. The first-order valence-corrected chi connectivity index (χ1v) is 11.0. The molecule has 3 aromatic carbocycles. The van der Waals surface area contributed by atoms with Crippen molar-refractivity contribution < 1.29 is 18.9 Å². The first-order chi connectivity index (χ1) is 14.6. The van der Waals surface area contributed by atoms with Crippen LogP contribution in [0.1, 0.15) is 26.7 Å². The molecule has 0 radical (unpaired) electrons. The van der Waals surface area contributed by atoms with Gasteiger partial charge in [-0.15, -0.1) is 0 Å². The fourth-order valence-electron chi connectivity index (χ4n) is 4.24. The molecule has 3 aromatic rings. The fraction of sp³-hybridized carbons (Fsp3) is 0.462. The van der Waals surface area contributed by atoms with Gasteiger partial charge >= 0.3 is 0 Å². The molecule has 30 heavy (non-hydrogen) atoms. The molecule has 2 saturated heterocycles. The Kier molecular flexibility index (Phi) is 5.08. The topological polar surface area (TPSA) is 36.9 Å². The number of ether oxygens (including phenoxy) is 4. The molecule has 0 bridgehead atoms. The number of benzene rings is 3. The second-order valence-electron chi connectivity index (χ2n) is 9.10. The van der Waals surface area contributed by atoms with E-state index in [2.05, 4.69) is 62.4 Å². The molecule has 0 amide bonds. The average Bonchev–Trinajstić information content (AvgIpc) is 2.72. The van der Waals surface area contributed by atoms with Gasteiger partial charge in [-0.25, -0.2) is 0 Å². The lowest BCUT2D eigenvalue weighted by Gasteiger charge is -2.40. The van der Waals surface area contributed by atoms with E-state index in [-0.39, 0.29) is 10.8 Å². The van der Waals surface area contributed by atoms with Crippen LogP contribution in [0, 0.1) is 10.8 Å². The highest BCUT2D eigenvalue weighted by Crippen LogP contribution is 2.35. The molecule has 158 valence electrons. The number of rotatable bonds is 8. The maximum Gasteiger partial charge on any atom is 0.119 e. The summed E-state index contributed by atoms with van der Waals surface area (Å²) in [5.41, 5.74) is 0.382. The van der Waals surface area contributed by atoms with Crippen molar-refractivity contribution in [3.63, 3.8) is 0 Å². The lowest BCUT2D eigenvalue weighted by atomic mass is 9.84. The van der Waals surface area contributed by atoms with E-state index >= 15 is 0 Å². The molecule has 2 aliphatic rings. The minimum atomic E-state index is 0.191. The van der Waals surface area contributed by atoms with Gasteiger partial charge in [0.2, 0.25) is 0 Å². The van der Waals surface area contributed by atoms with Crippen LogP contribution in [-0.4, -0.2) is 39.6 Å². The molecule has 0 saturated carbocycles. The molecular formula is C26H30O4. The maximum atomic E-state index is 6.12. The average molecular weight is 407 g/mol. The van der Waals surface area contributed by atoms with Crippen molar-refractivity contribution in [2.75, 3.05) is 39.6 Å². The van der Waals surface area contributed by atoms with Crippen molar-refractivity contribution in [3.05, 3.63) is 48.5 Å². The van der Waals surface area contributed by atoms with Crippen LogP contribution in [0.3, 0.4) is 0 Å². The number of fused-ring (bicyclic) bond motifs is 3. The van der Waals surface area contributed by atoms with Gasteiger partial charge in [0.1, 0.15) is 11.5 Å². The van der Waals surface area contributed by atoms with Gasteiger partial charge in [0.25, 0.3) is 0 Å². The van der Waals surface area contributed by atoms with Gasteiger partial charge in [-0.2, -0.15) is 0 Å². The molecule has 2 fully saturated rings. The zero-order valence-electron chi connectivity index (χ0n) is 17.9. The minimum Gasteiger partial charge on any atom is -0.493 e. The maximum absolute atomic E-state index is 6.12. The number of hydrogen-bond acceptors (Lipinski definition) is 4. The highest BCUT2D eigenvalue weighted by Gasteiger charge is 2.38. The van der Waals surface area contributed by atoms with Crippen LogP contribution in [0.25, 0.3) is 21.5 Å². The Bertz CT molecular complexity index is 954. The first kappa shape index (κ1) is 19.7. The quantitative estimate of drug-likeness (QED) is 0.456. The Morgan fingerprint density at radius 2 is 1.10 bits per heavy atom. The Morgan fingerprint density at radius 1 is 0.667 bits per heavy atom. The van der Waals surface area contributed by atoms with E-state index in [1.165, 1.54) is 21.5 Å². The van der Waals surface area contributed by atoms with Gasteiger partial charge in [-0.1, -0.05) is 38.1 Å². The molecule has 5 rings (SSSR count). The lowest BCUT2D eigenvalue weighted by Crippen LogP contribution is -2.46. The lowest BCUT2D eigenvalue weighted by molar-refractivity contribution is -0.133. The van der Waals surface area contributed by atoms with Crippen molar-refractivity contribution >= 4 is 21.5 Å². The molecule has 0 spiro atoms. The van der Waals surface area contributed by atoms with Crippen LogP contribution in [0.15, 0.2) is 48.5 Å². The molecule has 4 nitrogen and oxygen atoms in total. The van der Waals surface area contributed by atoms with Crippen LogP contribution in [0.4, 0.5) is 0 Å². The van der Waals surface area contributed by atoms with E-state index in [1.54, 1.807) is 0 Å². The van der Waals surface area contributed by atoms with E-state index in [1.807, 2.05) is 0 Å². The third-order valence-corrected chi connectivity index (χ3v) is 7.00. The second kappa shape index (κ2) is 7.75. The van der Waals surface area contributed by atoms with Crippen molar-refractivity contribution in [1.29, 1.82) is 0 Å². The van der Waals surface area contributed by atoms with E-state index in [4.69, 9.17) is 18.9 Å². The van der Waals surface area contributed by atoms with Gasteiger partial charge in [0, 0.05) is 0 Å². The summed E-state index contributed by atoms with van der Waals surface area (Å²) in [7, 11) is 0. The highest BCUT2D eigenvalue weighted by atomic mass is 16.5. The molecule has 4 heteroatoms. The van der Waals surface area contributed by atoms with Crippen LogP contribution < -0.4 is 9.47 Å². The predicted octanol–water partition coefficient (Wildman–Crippen LogP) is 5.60. The number of hydrogen-bond donors (Lipinski definition) is 0. The van der Waals surface area contributed by atoms with Crippen molar-refractivity contribution in [2.45, 2.75) is 26.7 Å². The molecule has 0 aromatic heterocycles. The highest BCUT2D eigenvalue weighted by molar-refractivity contribution is 6.08. The molecule has 0 atom stereocenters. The monoisotopic (exact) mass is 406 g/mol. The van der Waals surface area contributed by atoms with E-state index in [9.17, 15) is 0 Å². The van der Waals surface area contributed by atoms with E-state index in [0.717, 1.165) is 50.8 Å². The first-order valence-electron chi connectivity index (χ1n) is 11.0. The van der Waals surface area contributed by atoms with Crippen molar-refractivity contribution in [3.8, 4) is 11.5 Å². The van der Waals surface area contributed by atoms with Crippen LogP contribution in [0.5, 0.6) is 11.5 Å². The van der Waals surface area contributed by atoms with Crippen molar-refractivity contribution in [1.82, 2.24) is 0 Å². The van der Waals surface area contributed by atoms with Gasteiger partial charge in [0.05, 0.1) is 50.5 Å². The van der Waals surface area contributed by atoms with Crippen molar-refractivity contribution in [2.24, 2.45) is 10.8 Å². The summed E-state index contributed by atoms with van der Waals surface area (Å²) in [5, 5.41) is 4.86. The largest absolute Gasteiger partial charge is 0.493 e. The summed E-state index contributed by atoms with van der Waals surface area (Å²) in [4.78, 5) is 0. The molecule has 0 unspecified atom stereocenters. The van der Waals surface area contributed by atoms with E-state index < -0.39 is 0 Å². The second-order valence-corrected chi connectivity index (χ2v) is 9.10. The molecule has 0 aliphatic carbocycles. The SMILES string of the molecule is CCC1(COc2ccc3c(ccc4cc(OCC5(CC)COC5)ccc43)c2)COC1. The smallest absolute Gasteiger partial charge is 0.119 e. The molecule has 2 heterocycles. The van der Waals surface area contributed by atoms with Gasteiger partial charge in [-0.05, 0) is 58.7 Å². The molecular weight excluding hydrogens is 376 g/mol. The Hall–Kier alpha value is -2.30. The van der Waals surface area contributed by atoms with E-state index in [0.29, 0.717) is 13.2 Å². The summed E-state index contributed by atoms with van der Waals surface area (Å²) in [5.74, 6) is 1.85. The van der Waals surface area contributed by atoms with Gasteiger partial charge in [0.15, 0.2) is 0 Å². The normalized spacial score (nSPS) is 19.3.